The zero-order valence-electron chi connectivity index (χ0n) is 8.57. The summed E-state index contributed by atoms with van der Waals surface area (Å²) in [4.78, 5) is 5.63. The number of aromatic nitrogens is 1. The van der Waals surface area contributed by atoms with Gasteiger partial charge in [-0.25, -0.2) is 4.98 Å². The highest BCUT2D eigenvalue weighted by molar-refractivity contribution is 5.44. The molecule has 2 unspecified atom stereocenters. The van der Waals surface area contributed by atoms with E-state index in [2.05, 4.69) is 16.8 Å². The van der Waals surface area contributed by atoms with E-state index in [1.54, 1.807) is 0 Å². The fourth-order valence-electron chi connectivity index (χ4n) is 1.74. The van der Waals surface area contributed by atoms with E-state index in [4.69, 9.17) is 0 Å². The second kappa shape index (κ2) is 3.56. The maximum Gasteiger partial charge on any atom is 0.214 e. The minimum absolute atomic E-state index is 0.404. The van der Waals surface area contributed by atoms with Crippen LogP contribution in [0.4, 0.5) is 10.1 Å². The maximum atomic E-state index is 12.8. The molecule has 1 saturated carbocycles. The number of halogens is 1. The van der Waals surface area contributed by atoms with Gasteiger partial charge in [-0.2, -0.15) is 4.39 Å². The van der Waals surface area contributed by atoms with Crippen molar-refractivity contribution in [3.63, 3.8) is 0 Å². The molecular formula is C11H15FN2. The molecule has 0 amide bonds. The van der Waals surface area contributed by atoms with E-state index in [1.807, 2.05) is 13.1 Å². The lowest BCUT2D eigenvalue weighted by Crippen LogP contribution is -2.20. The van der Waals surface area contributed by atoms with Crippen molar-refractivity contribution in [3.8, 4) is 0 Å². The van der Waals surface area contributed by atoms with Crippen molar-refractivity contribution in [1.82, 2.24) is 4.98 Å². The van der Waals surface area contributed by atoms with Crippen molar-refractivity contribution in [1.29, 1.82) is 0 Å². The van der Waals surface area contributed by atoms with Crippen molar-refractivity contribution < 1.29 is 4.39 Å². The second-order valence-electron chi connectivity index (χ2n) is 4.19. The van der Waals surface area contributed by atoms with Gasteiger partial charge in [-0.1, -0.05) is 6.92 Å². The Morgan fingerprint density at radius 2 is 2.36 bits per heavy atom. The summed E-state index contributed by atoms with van der Waals surface area (Å²) in [6.07, 6.45) is 2.81. The van der Waals surface area contributed by atoms with E-state index >= 15 is 0 Å². The van der Waals surface area contributed by atoms with Crippen LogP contribution >= 0.6 is 0 Å². The predicted octanol–water partition coefficient (Wildman–Crippen LogP) is 2.31. The van der Waals surface area contributed by atoms with Crippen molar-refractivity contribution in [2.45, 2.75) is 13.3 Å². The molecule has 1 aliphatic rings. The normalized spacial score (nSPS) is 24.8. The smallest absolute Gasteiger partial charge is 0.214 e. The summed E-state index contributed by atoms with van der Waals surface area (Å²) in [5.74, 6) is 1.22. The van der Waals surface area contributed by atoms with E-state index in [9.17, 15) is 4.39 Å². The number of rotatable bonds is 3. The SMILES string of the molecule is CC1CC1CN(C)c1ccnc(F)c1. The van der Waals surface area contributed by atoms with E-state index < -0.39 is 5.95 Å². The Hall–Kier alpha value is -1.12. The van der Waals surface area contributed by atoms with Crippen LogP contribution in [0.25, 0.3) is 0 Å². The van der Waals surface area contributed by atoms with Crippen LogP contribution in [0.5, 0.6) is 0 Å². The molecule has 2 atom stereocenters. The molecule has 1 aromatic heterocycles. The summed E-state index contributed by atoms with van der Waals surface area (Å²) in [6, 6.07) is 3.32. The Bertz CT molecular complexity index is 327. The third-order valence-electron chi connectivity index (χ3n) is 2.94. The van der Waals surface area contributed by atoms with Gasteiger partial charge in [-0.05, 0) is 24.3 Å². The zero-order chi connectivity index (χ0) is 10.1. The molecule has 0 radical (unpaired) electrons. The van der Waals surface area contributed by atoms with Crippen LogP contribution in [0.3, 0.4) is 0 Å². The summed E-state index contributed by atoms with van der Waals surface area (Å²) >= 11 is 0. The Morgan fingerprint density at radius 1 is 1.64 bits per heavy atom. The molecule has 1 heterocycles. The van der Waals surface area contributed by atoms with Crippen LogP contribution in [0.15, 0.2) is 18.3 Å². The van der Waals surface area contributed by atoms with Crippen LogP contribution < -0.4 is 4.90 Å². The summed E-state index contributed by atoms with van der Waals surface area (Å²) in [7, 11) is 2.00. The van der Waals surface area contributed by atoms with Gasteiger partial charge in [0.05, 0.1) is 0 Å². The first-order valence-corrected chi connectivity index (χ1v) is 4.99. The zero-order valence-corrected chi connectivity index (χ0v) is 8.57. The number of pyridine rings is 1. The van der Waals surface area contributed by atoms with Gasteiger partial charge in [0.1, 0.15) is 0 Å². The third kappa shape index (κ3) is 2.03. The lowest BCUT2D eigenvalue weighted by molar-refractivity contribution is 0.582. The molecule has 0 aliphatic heterocycles. The molecule has 0 saturated heterocycles. The molecule has 1 aliphatic carbocycles. The van der Waals surface area contributed by atoms with Crippen LogP contribution in [-0.4, -0.2) is 18.6 Å². The monoisotopic (exact) mass is 194 g/mol. The Labute approximate surface area is 83.8 Å². The van der Waals surface area contributed by atoms with Gasteiger partial charge in [-0.15, -0.1) is 0 Å². The minimum Gasteiger partial charge on any atom is -0.374 e. The van der Waals surface area contributed by atoms with Crippen LogP contribution in [0.1, 0.15) is 13.3 Å². The standard InChI is InChI=1S/C11H15FN2/c1-8-5-9(8)7-14(2)10-3-4-13-11(12)6-10/h3-4,6,8-9H,5,7H2,1-2H3. The molecule has 14 heavy (non-hydrogen) atoms. The average molecular weight is 194 g/mol. The average Bonchev–Trinajstić information content (AvgIpc) is 2.81. The van der Waals surface area contributed by atoms with E-state index in [0.717, 1.165) is 24.1 Å². The predicted molar refractivity (Wildman–Crippen MR) is 54.7 cm³/mol. The van der Waals surface area contributed by atoms with Crippen molar-refractivity contribution >= 4 is 5.69 Å². The molecule has 0 N–H and O–H groups in total. The summed E-state index contributed by atoms with van der Waals surface area (Å²) in [5.41, 5.74) is 0.914. The molecule has 0 spiro atoms. The maximum absolute atomic E-state index is 12.8. The fourth-order valence-corrected chi connectivity index (χ4v) is 1.74. The number of hydrogen-bond donors (Lipinski definition) is 0. The van der Waals surface area contributed by atoms with Crippen LogP contribution in [0, 0.1) is 17.8 Å². The Balaban J connectivity index is 2.00. The molecular weight excluding hydrogens is 179 g/mol. The van der Waals surface area contributed by atoms with Crippen LogP contribution in [0.2, 0.25) is 0 Å². The van der Waals surface area contributed by atoms with Crippen molar-refractivity contribution in [2.24, 2.45) is 11.8 Å². The Kier molecular flexibility index (Phi) is 2.40. The minimum atomic E-state index is -0.404. The van der Waals surface area contributed by atoms with Gasteiger partial charge >= 0.3 is 0 Å². The van der Waals surface area contributed by atoms with Crippen molar-refractivity contribution in [3.05, 3.63) is 24.3 Å². The first-order chi connectivity index (χ1) is 6.66. The highest BCUT2D eigenvalue weighted by Gasteiger charge is 2.33. The fraction of sp³-hybridized carbons (Fsp3) is 0.545. The highest BCUT2D eigenvalue weighted by Crippen LogP contribution is 2.38. The lowest BCUT2D eigenvalue weighted by atomic mass is 10.3. The topological polar surface area (TPSA) is 16.1 Å². The molecule has 1 fully saturated rings. The first kappa shape index (κ1) is 9.44. The third-order valence-corrected chi connectivity index (χ3v) is 2.94. The number of nitrogens with zero attached hydrogens (tertiary/aromatic N) is 2. The molecule has 2 rings (SSSR count). The summed E-state index contributed by atoms with van der Waals surface area (Å²) in [6.45, 7) is 3.27. The van der Waals surface area contributed by atoms with Gasteiger partial charge in [0.15, 0.2) is 0 Å². The lowest BCUT2D eigenvalue weighted by Gasteiger charge is -2.18. The molecule has 0 bridgehead atoms. The molecule has 2 nitrogen and oxygen atoms in total. The Morgan fingerprint density at radius 3 is 2.93 bits per heavy atom. The molecule has 76 valence electrons. The van der Waals surface area contributed by atoms with E-state index in [0.29, 0.717) is 0 Å². The molecule has 0 aromatic carbocycles. The molecule has 1 aromatic rings. The second-order valence-corrected chi connectivity index (χ2v) is 4.19. The van der Waals surface area contributed by atoms with Gasteiger partial charge < -0.3 is 4.90 Å². The first-order valence-electron chi connectivity index (χ1n) is 4.99. The van der Waals surface area contributed by atoms with E-state index in [1.165, 1.54) is 18.7 Å². The van der Waals surface area contributed by atoms with Gasteiger partial charge in [-0.3, -0.25) is 0 Å². The van der Waals surface area contributed by atoms with Crippen molar-refractivity contribution in [2.75, 3.05) is 18.5 Å². The highest BCUT2D eigenvalue weighted by atomic mass is 19.1. The van der Waals surface area contributed by atoms with Crippen LogP contribution in [-0.2, 0) is 0 Å². The van der Waals surface area contributed by atoms with E-state index in [-0.39, 0.29) is 0 Å². The van der Waals surface area contributed by atoms with Gasteiger partial charge in [0.25, 0.3) is 0 Å². The molecule has 3 heteroatoms. The number of anilines is 1. The van der Waals surface area contributed by atoms with Gasteiger partial charge in [0, 0.05) is 31.5 Å². The van der Waals surface area contributed by atoms with Gasteiger partial charge in [0.2, 0.25) is 5.95 Å². The summed E-state index contributed by atoms with van der Waals surface area (Å²) in [5, 5.41) is 0. The number of hydrogen-bond acceptors (Lipinski definition) is 2. The quantitative estimate of drug-likeness (QED) is 0.686. The summed E-state index contributed by atoms with van der Waals surface area (Å²) < 4.78 is 12.8. The largest absolute Gasteiger partial charge is 0.374 e.